The maximum Gasteiger partial charge on any atom is 0.0503 e. The summed E-state index contributed by atoms with van der Waals surface area (Å²) in [5.74, 6) is 0. The van der Waals surface area contributed by atoms with Crippen LogP contribution in [0.3, 0.4) is 0 Å². The summed E-state index contributed by atoms with van der Waals surface area (Å²) in [4.78, 5) is 2.46. The number of anilines is 1. The topological polar surface area (TPSA) is 55.3 Å². The van der Waals surface area contributed by atoms with Crippen molar-refractivity contribution in [1.29, 1.82) is 0 Å². The van der Waals surface area contributed by atoms with Crippen LogP contribution in [0, 0.1) is 0 Å². The molecule has 1 aliphatic heterocycles. The third-order valence-electron chi connectivity index (χ3n) is 3.40. The highest BCUT2D eigenvalue weighted by molar-refractivity contribution is 5.42. The van der Waals surface area contributed by atoms with Crippen LogP contribution < -0.4 is 11.5 Å². The smallest absolute Gasteiger partial charge is 0.0503 e. The SMILES string of the molecule is CC(C)N1CCC(N)C1c1cccc(N)c1. The average molecular weight is 219 g/mol. The molecule has 1 aliphatic rings. The Morgan fingerprint density at radius 2 is 2.12 bits per heavy atom. The monoisotopic (exact) mass is 219 g/mol. The molecule has 2 rings (SSSR count). The van der Waals surface area contributed by atoms with Gasteiger partial charge < -0.3 is 11.5 Å². The standard InChI is InChI=1S/C13H21N3/c1-9(2)16-7-6-12(15)13(16)10-4-3-5-11(14)8-10/h3-5,8-9,12-13H,6-7,14-15H2,1-2H3. The van der Waals surface area contributed by atoms with Crippen LogP contribution in [-0.4, -0.2) is 23.5 Å². The average Bonchev–Trinajstić information content (AvgIpc) is 2.60. The third kappa shape index (κ3) is 2.06. The van der Waals surface area contributed by atoms with Gasteiger partial charge in [0.25, 0.3) is 0 Å². The molecule has 3 heteroatoms. The van der Waals surface area contributed by atoms with Crippen LogP contribution in [0.1, 0.15) is 31.9 Å². The minimum Gasteiger partial charge on any atom is -0.399 e. The molecule has 2 unspecified atom stereocenters. The van der Waals surface area contributed by atoms with E-state index in [1.807, 2.05) is 18.2 Å². The molecule has 3 nitrogen and oxygen atoms in total. The fourth-order valence-electron chi connectivity index (χ4n) is 2.60. The Morgan fingerprint density at radius 1 is 1.38 bits per heavy atom. The van der Waals surface area contributed by atoms with E-state index in [2.05, 4.69) is 24.8 Å². The number of benzene rings is 1. The number of nitrogens with zero attached hydrogens (tertiary/aromatic N) is 1. The number of nitrogen functional groups attached to an aromatic ring is 1. The van der Waals surface area contributed by atoms with Gasteiger partial charge in [-0.3, -0.25) is 4.90 Å². The van der Waals surface area contributed by atoms with Gasteiger partial charge >= 0.3 is 0 Å². The van der Waals surface area contributed by atoms with E-state index in [0.717, 1.165) is 18.7 Å². The summed E-state index contributed by atoms with van der Waals surface area (Å²) in [5.41, 5.74) is 14.1. The van der Waals surface area contributed by atoms with E-state index in [9.17, 15) is 0 Å². The van der Waals surface area contributed by atoms with Crippen LogP contribution in [0.15, 0.2) is 24.3 Å². The Morgan fingerprint density at radius 3 is 2.75 bits per heavy atom. The first-order chi connectivity index (χ1) is 7.59. The highest BCUT2D eigenvalue weighted by Gasteiger charge is 2.34. The van der Waals surface area contributed by atoms with Crippen LogP contribution in [0.5, 0.6) is 0 Å². The molecule has 0 bridgehead atoms. The molecule has 1 aromatic carbocycles. The van der Waals surface area contributed by atoms with Gasteiger partial charge in [0.15, 0.2) is 0 Å². The molecule has 2 atom stereocenters. The summed E-state index contributed by atoms with van der Waals surface area (Å²) < 4.78 is 0. The predicted octanol–water partition coefficient (Wildman–Crippen LogP) is 1.75. The fourth-order valence-corrected chi connectivity index (χ4v) is 2.60. The van der Waals surface area contributed by atoms with Crippen LogP contribution >= 0.6 is 0 Å². The molecule has 0 amide bonds. The van der Waals surface area contributed by atoms with E-state index in [0.29, 0.717) is 12.1 Å². The zero-order chi connectivity index (χ0) is 11.7. The first kappa shape index (κ1) is 11.4. The van der Waals surface area contributed by atoms with Gasteiger partial charge in [-0.05, 0) is 38.0 Å². The van der Waals surface area contributed by atoms with Crippen LogP contribution in [-0.2, 0) is 0 Å². The fraction of sp³-hybridized carbons (Fsp3) is 0.538. The first-order valence-corrected chi connectivity index (χ1v) is 5.96. The van der Waals surface area contributed by atoms with Gasteiger partial charge in [0.05, 0.1) is 6.04 Å². The summed E-state index contributed by atoms with van der Waals surface area (Å²) >= 11 is 0. The summed E-state index contributed by atoms with van der Waals surface area (Å²) in [6, 6.07) is 9.18. The van der Waals surface area contributed by atoms with Crippen molar-refractivity contribution in [3.8, 4) is 0 Å². The normalized spacial score (nSPS) is 26.5. The second-order valence-corrected chi connectivity index (χ2v) is 4.90. The lowest BCUT2D eigenvalue weighted by Gasteiger charge is -2.30. The van der Waals surface area contributed by atoms with E-state index in [1.165, 1.54) is 5.56 Å². The second-order valence-electron chi connectivity index (χ2n) is 4.90. The van der Waals surface area contributed by atoms with Crippen molar-refractivity contribution in [3.05, 3.63) is 29.8 Å². The molecule has 0 aliphatic carbocycles. The van der Waals surface area contributed by atoms with E-state index >= 15 is 0 Å². The maximum atomic E-state index is 6.21. The second kappa shape index (κ2) is 4.44. The number of likely N-dealkylation sites (tertiary alicyclic amines) is 1. The molecule has 0 spiro atoms. The Bertz CT molecular complexity index is 362. The molecule has 0 aromatic heterocycles. The summed E-state index contributed by atoms with van der Waals surface area (Å²) in [7, 11) is 0. The number of nitrogens with two attached hydrogens (primary N) is 2. The summed E-state index contributed by atoms with van der Waals surface area (Å²) in [6.45, 7) is 5.52. The van der Waals surface area contributed by atoms with Gasteiger partial charge in [-0.25, -0.2) is 0 Å². The van der Waals surface area contributed by atoms with Gasteiger partial charge in [0.2, 0.25) is 0 Å². The molecule has 16 heavy (non-hydrogen) atoms. The molecule has 1 fully saturated rings. The van der Waals surface area contributed by atoms with Crippen LogP contribution in [0.4, 0.5) is 5.69 Å². The molecule has 1 aromatic rings. The zero-order valence-electron chi connectivity index (χ0n) is 10.1. The van der Waals surface area contributed by atoms with E-state index < -0.39 is 0 Å². The van der Waals surface area contributed by atoms with Gasteiger partial charge in [-0.1, -0.05) is 12.1 Å². The van der Waals surface area contributed by atoms with Gasteiger partial charge in [0.1, 0.15) is 0 Å². The van der Waals surface area contributed by atoms with Crippen molar-refractivity contribution in [3.63, 3.8) is 0 Å². The maximum absolute atomic E-state index is 6.21. The van der Waals surface area contributed by atoms with Crippen LogP contribution in [0.25, 0.3) is 0 Å². The lowest BCUT2D eigenvalue weighted by atomic mass is 9.99. The number of rotatable bonds is 2. The van der Waals surface area contributed by atoms with Crippen molar-refractivity contribution in [2.45, 2.75) is 38.4 Å². The van der Waals surface area contributed by atoms with E-state index in [4.69, 9.17) is 11.5 Å². The highest BCUT2D eigenvalue weighted by atomic mass is 15.2. The molecule has 1 saturated heterocycles. The largest absolute Gasteiger partial charge is 0.399 e. The summed E-state index contributed by atoms with van der Waals surface area (Å²) in [6.07, 6.45) is 1.07. The van der Waals surface area contributed by atoms with Crippen molar-refractivity contribution in [2.24, 2.45) is 5.73 Å². The van der Waals surface area contributed by atoms with Crippen LogP contribution in [0.2, 0.25) is 0 Å². The van der Waals surface area contributed by atoms with Crippen molar-refractivity contribution < 1.29 is 0 Å². The molecule has 4 N–H and O–H groups in total. The quantitative estimate of drug-likeness (QED) is 0.745. The third-order valence-corrected chi connectivity index (χ3v) is 3.40. The number of hydrogen-bond donors (Lipinski definition) is 2. The first-order valence-electron chi connectivity index (χ1n) is 5.96. The van der Waals surface area contributed by atoms with E-state index in [1.54, 1.807) is 0 Å². The Kier molecular flexibility index (Phi) is 3.17. The molecule has 0 radical (unpaired) electrons. The Balaban J connectivity index is 2.30. The summed E-state index contributed by atoms with van der Waals surface area (Å²) in [5, 5.41) is 0. The van der Waals surface area contributed by atoms with Crippen molar-refractivity contribution >= 4 is 5.69 Å². The highest BCUT2D eigenvalue weighted by Crippen LogP contribution is 2.33. The molecule has 88 valence electrons. The molecular weight excluding hydrogens is 198 g/mol. The molecule has 1 heterocycles. The van der Waals surface area contributed by atoms with Crippen molar-refractivity contribution in [2.75, 3.05) is 12.3 Å². The van der Waals surface area contributed by atoms with Gasteiger partial charge in [0, 0.05) is 24.3 Å². The Labute approximate surface area is 97.4 Å². The molecule has 0 saturated carbocycles. The minimum absolute atomic E-state index is 0.226. The van der Waals surface area contributed by atoms with E-state index in [-0.39, 0.29) is 6.04 Å². The number of hydrogen-bond acceptors (Lipinski definition) is 3. The lowest BCUT2D eigenvalue weighted by Crippen LogP contribution is -2.35. The van der Waals surface area contributed by atoms with Crippen molar-refractivity contribution in [1.82, 2.24) is 4.90 Å². The lowest BCUT2D eigenvalue weighted by molar-refractivity contribution is 0.198. The van der Waals surface area contributed by atoms with Gasteiger partial charge in [-0.15, -0.1) is 0 Å². The van der Waals surface area contributed by atoms with Gasteiger partial charge in [-0.2, -0.15) is 0 Å². The zero-order valence-corrected chi connectivity index (χ0v) is 10.1. The minimum atomic E-state index is 0.226. The predicted molar refractivity (Wildman–Crippen MR) is 68.0 cm³/mol. The molecular formula is C13H21N3. The Hall–Kier alpha value is -1.06.